The number of ketones is 1. The van der Waals surface area contributed by atoms with Gasteiger partial charge in [0.15, 0.2) is 23.0 Å². The Morgan fingerprint density at radius 2 is 1.86 bits per heavy atom. The summed E-state index contributed by atoms with van der Waals surface area (Å²) < 4.78 is 10.5. The second-order valence-electron chi connectivity index (χ2n) is 4.66. The molecule has 2 aromatic carbocycles. The quantitative estimate of drug-likeness (QED) is 0.695. The lowest BCUT2D eigenvalue weighted by Crippen LogP contribution is -2.01. The number of ether oxygens (including phenoxy) is 2. The van der Waals surface area contributed by atoms with Crippen molar-refractivity contribution in [1.29, 1.82) is 0 Å². The van der Waals surface area contributed by atoms with Crippen molar-refractivity contribution in [3.8, 4) is 17.2 Å². The van der Waals surface area contributed by atoms with Gasteiger partial charge in [-0.2, -0.15) is 0 Å². The number of carbonyl (C=O) groups excluding carboxylic acids is 1. The van der Waals surface area contributed by atoms with Crippen LogP contribution in [0, 0.1) is 0 Å². The molecule has 0 fully saturated rings. The van der Waals surface area contributed by atoms with Gasteiger partial charge in [-0.3, -0.25) is 9.59 Å². The molecule has 5 nitrogen and oxygen atoms in total. The van der Waals surface area contributed by atoms with Crippen LogP contribution < -0.4 is 14.9 Å². The van der Waals surface area contributed by atoms with Crippen LogP contribution in [0.4, 0.5) is 0 Å². The lowest BCUT2D eigenvalue weighted by atomic mass is 10.1. The molecule has 1 N–H and O–H groups in total. The Kier molecular flexibility index (Phi) is 3.62. The van der Waals surface area contributed by atoms with Gasteiger partial charge in [-0.1, -0.05) is 24.3 Å². The summed E-state index contributed by atoms with van der Waals surface area (Å²) in [5, 5.41) is 9.75. The van der Waals surface area contributed by atoms with E-state index in [-0.39, 0.29) is 12.4 Å². The van der Waals surface area contributed by atoms with E-state index in [1.807, 2.05) is 0 Å². The number of carbonyl (C=O) groups is 1. The fourth-order valence-electron chi connectivity index (χ4n) is 2.06. The Morgan fingerprint density at radius 3 is 2.73 bits per heavy atom. The average Bonchev–Trinajstić information content (AvgIpc) is 2.92. The topological polar surface area (TPSA) is 72.8 Å². The maximum atomic E-state index is 12.1. The molecule has 0 unspecified atom stereocenters. The number of fused-ring (bicyclic) bond motifs is 1. The van der Waals surface area contributed by atoms with Crippen molar-refractivity contribution in [3.63, 3.8) is 0 Å². The van der Waals surface area contributed by atoms with Crippen molar-refractivity contribution in [1.82, 2.24) is 0 Å². The third-order valence-electron chi connectivity index (χ3n) is 3.20. The smallest absolute Gasteiger partial charge is 0.231 e. The number of benzene rings is 1. The van der Waals surface area contributed by atoms with Gasteiger partial charge in [0.1, 0.15) is 0 Å². The summed E-state index contributed by atoms with van der Waals surface area (Å²) in [5.74, 6) is 0.270. The summed E-state index contributed by atoms with van der Waals surface area (Å²) in [6.07, 6.45) is 2.88. The fourth-order valence-corrected chi connectivity index (χ4v) is 2.06. The molecule has 110 valence electrons. The van der Waals surface area contributed by atoms with E-state index in [2.05, 4.69) is 0 Å². The molecule has 22 heavy (non-hydrogen) atoms. The van der Waals surface area contributed by atoms with Gasteiger partial charge in [0, 0.05) is 0 Å². The minimum atomic E-state index is -0.593. The second kappa shape index (κ2) is 5.73. The lowest BCUT2D eigenvalue weighted by molar-refractivity contribution is 0.104. The van der Waals surface area contributed by atoms with Gasteiger partial charge in [-0.05, 0) is 35.9 Å². The predicted octanol–water partition coefficient (Wildman–Crippen LogP) is 2.38. The molecule has 0 saturated heterocycles. The van der Waals surface area contributed by atoms with Crippen molar-refractivity contribution in [3.05, 3.63) is 69.9 Å². The first-order valence-corrected chi connectivity index (χ1v) is 6.59. The first kappa shape index (κ1) is 13.9. The van der Waals surface area contributed by atoms with Gasteiger partial charge in [0.2, 0.25) is 12.2 Å². The lowest BCUT2D eigenvalue weighted by Gasteiger charge is -1.98. The molecule has 0 bridgehead atoms. The van der Waals surface area contributed by atoms with Crippen LogP contribution in [0.1, 0.15) is 15.9 Å². The summed E-state index contributed by atoms with van der Waals surface area (Å²) in [6.45, 7) is 0.183. The SMILES string of the molecule is O=C(/C=C\c1ccc2c(c1)OCO2)c1ccccc(=O)c1O. The van der Waals surface area contributed by atoms with E-state index >= 15 is 0 Å². The van der Waals surface area contributed by atoms with Gasteiger partial charge in [0.25, 0.3) is 0 Å². The highest BCUT2D eigenvalue weighted by molar-refractivity contribution is 6.08. The van der Waals surface area contributed by atoms with E-state index in [0.717, 1.165) is 5.56 Å². The monoisotopic (exact) mass is 296 g/mol. The van der Waals surface area contributed by atoms with Gasteiger partial charge < -0.3 is 14.6 Å². The van der Waals surface area contributed by atoms with Crippen LogP contribution in [0.5, 0.6) is 17.2 Å². The molecule has 0 atom stereocenters. The van der Waals surface area contributed by atoms with E-state index in [4.69, 9.17) is 9.47 Å². The van der Waals surface area contributed by atoms with Crippen LogP contribution in [0.3, 0.4) is 0 Å². The zero-order chi connectivity index (χ0) is 15.5. The predicted molar refractivity (Wildman–Crippen MR) is 80.3 cm³/mol. The first-order valence-electron chi connectivity index (χ1n) is 6.59. The van der Waals surface area contributed by atoms with Crippen LogP contribution in [0.15, 0.2) is 53.3 Å². The van der Waals surface area contributed by atoms with Crippen LogP contribution in [0.25, 0.3) is 6.08 Å². The molecule has 0 saturated carbocycles. The molecule has 3 rings (SSSR count). The van der Waals surface area contributed by atoms with E-state index in [9.17, 15) is 14.7 Å². The highest BCUT2D eigenvalue weighted by atomic mass is 16.7. The number of hydrogen-bond donors (Lipinski definition) is 1. The molecule has 0 aliphatic carbocycles. The zero-order valence-electron chi connectivity index (χ0n) is 11.5. The minimum Gasteiger partial charge on any atom is -0.504 e. The van der Waals surface area contributed by atoms with E-state index in [1.54, 1.807) is 24.3 Å². The molecule has 0 radical (unpaired) electrons. The number of rotatable bonds is 3. The molecular weight excluding hydrogens is 284 g/mol. The summed E-state index contributed by atoms with van der Waals surface area (Å²) in [7, 11) is 0. The van der Waals surface area contributed by atoms with Crippen molar-refractivity contribution in [2.24, 2.45) is 0 Å². The number of hydrogen-bond acceptors (Lipinski definition) is 5. The summed E-state index contributed by atoms with van der Waals surface area (Å²) in [4.78, 5) is 23.6. The van der Waals surface area contributed by atoms with Crippen LogP contribution in [0.2, 0.25) is 0 Å². The highest BCUT2D eigenvalue weighted by Crippen LogP contribution is 2.32. The molecule has 1 aliphatic rings. The number of allylic oxidation sites excluding steroid dienone is 1. The molecule has 0 aromatic heterocycles. The van der Waals surface area contributed by atoms with Crippen LogP contribution >= 0.6 is 0 Å². The van der Waals surface area contributed by atoms with E-state index < -0.39 is 17.0 Å². The molecule has 2 aromatic rings. The standard InChI is InChI=1S/C17H12O5/c18-13(12-3-1-2-4-14(19)17(12)20)7-5-11-6-8-15-16(9-11)22-10-21-15/h1-9H,10H2,(H,19,20)/b7-5-. The van der Waals surface area contributed by atoms with Gasteiger partial charge in [-0.15, -0.1) is 0 Å². The summed E-state index contributed by atoms with van der Waals surface area (Å²) in [5.41, 5.74) is 0.122. The normalized spacial score (nSPS) is 12.5. The molecule has 5 heteroatoms. The Labute approximate surface area is 126 Å². The molecule has 1 heterocycles. The van der Waals surface area contributed by atoms with Gasteiger partial charge in [0.05, 0.1) is 5.56 Å². The van der Waals surface area contributed by atoms with Crippen molar-refractivity contribution < 1.29 is 19.4 Å². The maximum absolute atomic E-state index is 12.1. The van der Waals surface area contributed by atoms with Crippen molar-refractivity contribution in [2.75, 3.05) is 6.79 Å². The highest BCUT2D eigenvalue weighted by Gasteiger charge is 2.13. The molecule has 0 spiro atoms. The molecule has 1 aliphatic heterocycles. The van der Waals surface area contributed by atoms with Crippen LogP contribution in [-0.2, 0) is 0 Å². The van der Waals surface area contributed by atoms with Crippen molar-refractivity contribution in [2.45, 2.75) is 0 Å². The minimum absolute atomic E-state index is 0.0352. The van der Waals surface area contributed by atoms with E-state index in [0.29, 0.717) is 11.5 Å². The second-order valence-corrected chi connectivity index (χ2v) is 4.66. The third kappa shape index (κ3) is 2.69. The van der Waals surface area contributed by atoms with Gasteiger partial charge >= 0.3 is 0 Å². The third-order valence-corrected chi connectivity index (χ3v) is 3.20. The largest absolute Gasteiger partial charge is 0.504 e. The zero-order valence-corrected chi connectivity index (χ0v) is 11.5. The molecule has 0 amide bonds. The first-order chi connectivity index (χ1) is 10.6. The Bertz CT molecular complexity index is 823. The van der Waals surface area contributed by atoms with Crippen LogP contribution in [-0.4, -0.2) is 17.7 Å². The number of aromatic hydroxyl groups is 1. The van der Waals surface area contributed by atoms with Gasteiger partial charge in [-0.25, -0.2) is 0 Å². The maximum Gasteiger partial charge on any atom is 0.231 e. The summed E-state index contributed by atoms with van der Waals surface area (Å²) >= 11 is 0. The molecular formula is C17H12O5. The Balaban J connectivity index is 1.87. The fraction of sp³-hybridized carbons (Fsp3) is 0.0588. The van der Waals surface area contributed by atoms with Crippen molar-refractivity contribution >= 4 is 11.9 Å². The van der Waals surface area contributed by atoms with E-state index in [1.165, 1.54) is 30.3 Å². The average molecular weight is 296 g/mol. The Hall–Kier alpha value is -3.08. The summed E-state index contributed by atoms with van der Waals surface area (Å²) in [6, 6.07) is 10.9. The Morgan fingerprint density at radius 1 is 1.09 bits per heavy atom.